The van der Waals surface area contributed by atoms with Gasteiger partial charge in [0.1, 0.15) is 0 Å². The molecule has 1 saturated heterocycles. The third kappa shape index (κ3) is 2.50. The van der Waals surface area contributed by atoms with Gasteiger partial charge in [-0.25, -0.2) is 0 Å². The predicted molar refractivity (Wildman–Crippen MR) is 59.6 cm³/mol. The summed E-state index contributed by atoms with van der Waals surface area (Å²) in [6, 6.07) is 0. The van der Waals surface area contributed by atoms with Crippen molar-refractivity contribution in [3.05, 3.63) is 11.7 Å². The summed E-state index contributed by atoms with van der Waals surface area (Å²) in [6.45, 7) is 2.58. The van der Waals surface area contributed by atoms with Gasteiger partial charge in [-0.1, -0.05) is 5.16 Å². The molecule has 0 radical (unpaired) electrons. The highest BCUT2D eigenvalue weighted by Crippen LogP contribution is 2.38. The second kappa shape index (κ2) is 4.07. The van der Waals surface area contributed by atoms with Crippen LogP contribution in [-0.4, -0.2) is 33.6 Å². The highest BCUT2D eigenvalue weighted by Gasteiger charge is 2.36. The van der Waals surface area contributed by atoms with Crippen molar-refractivity contribution >= 4 is 0 Å². The van der Waals surface area contributed by atoms with E-state index >= 15 is 0 Å². The smallest absolute Gasteiger partial charge is 0.229 e. The van der Waals surface area contributed by atoms with Gasteiger partial charge in [-0.3, -0.25) is 0 Å². The zero-order chi connectivity index (χ0) is 11.9. The minimum absolute atomic E-state index is 0.0968. The van der Waals surface area contributed by atoms with Gasteiger partial charge in [-0.05, 0) is 19.8 Å². The molecule has 94 valence electrons. The van der Waals surface area contributed by atoms with E-state index in [0.29, 0.717) is 37.7 Å². The molecule has 2 heterocycles. The zero-order valence-electron chi connectivity index (χ0n) is 10.1. The van der Waals surface area contributed by atoms with E-state index in [0.717, 1.165) is 18.7 Å². The van der Waals surface area contributed by atoms with Gasteiger partial charge >= 0.3 is 0 Å². The summed E-state index contributed by atoms with van der Waals surface area (Å²) in [6.07, 6.45) is 4.13. The van der Waals surface area contributed by atoms with E-state index in [2.05, 4.69) is 10.1 Å². The maximum Gasteiger partial charge on any atom is 0.229 e. The topological polar surface area (TPSA) is 68.4 Å². The molecule has 5 nitrogen and oxygen atoms in total. The number of aromatic nitrogens is 2. The number of rotatable bonds is 3. The lowest BCUT2D eigenvalue weighted by atomic mass is 9.88. The van der Waals surface area contributed by atoms with E-state index in [4.69, 9.17) is 9.26 Å². The average molecular weight is 238 g/mol. The molecule has 5 heteroatoms. The highest BCUT2D eigenvalue weighted by molar-refractivity contribution is 5.04. The molecule has 0 aromatic carbocycles. The Morgan fingerprint density at radius 1 is 1.47 bits per heavy atom. The van der Waals surface area contributed by atoms with Crippen molar-refractivity contribution in [1.82, 2.24) is 10.1 Å². The van der Waals surface area contributed by atoms with Gasteiger partial charge in [0.15, 0.2) is 5.82 Å². The van der Waals surface area contributed by atoms with E-state index in [9.17, 15) is 5.11 Å². The molecule has 2 fully saturated rings. The van der Waals surface area contributed by atoms with E-state index < -0.39 is 5.60 Å². The molecule has 0 spiro atoms. The maximum atomic E-state index is 10.5. The minimum Gasteiger partial charge on any atom is -0.389 e. The Bertz CT molecular complexity index is 402. The van der Waals surface area contributed by atoms with Crippen LogP contribution < -0.4 is 0 Å². The van der Waals surface area contributed by atoms with Crippen LogP contribution in [0.25, 0.3) is 0 Å². The molecule has 0 unspecified atom stereocenters. The first-order chi connectivity index (χ1) is 8.15. The van der Waals surface area contributed by atoms with Crippen molar-refractivity contribution in [2.45, 2.75) is 56.7 Å². The van der Waals surface area contributed by atoms with Crippen LogP contribution in [0.1, 0.15) is 50.2 Å². The van der Waals surface area contributed by atoms with Crippen LogP contribution in [0.4, 0.5) is 0 Å². The van der Waals surface area contributed by atoms with E-state index in [1.165, 1.54) is 0 Å². The lowest BCUT2D eigenvalue weighted by molar-refractivity contribution is -0.0987. The Hall–Kier alpha value is -0.940. The lowest BCUT2D eigenvalue weighted by Crippen LogP contribution is -2.41. The Balaban J connectivity index is 1.67. The number of hydrogen-bond acceptors (Lipinski definition) is 5. The molecule has 0 bridgehead atoms. The minimum atomic E-state index is -0.745. The second-order valence-electron chi connectivity index (χ2n) is 5.36. The van der Waals surface area contributed by atoms with Gasteiger partial charge < -0.3 is 14.4 Å². The monoisotopic (exact) mass is 238 g/mol. The molecule has 0 amide bonds. The van der Waals surface area contributed by atoms with Crippen LogP contribution in [-0.2, 0) is 11.2 Å². The largest absolute Gasteiger partial charge is 0.389 e. The normalized spacial score (nSPS) is 33.9. The summed E-state index contributed by atoms with van der Waals surface area (Å²) < 4.78 is 10.6. The SMILES string of the molecule is C[C@H]1C[C@](O)(Cc2nc(C3CC3)no2)CCO1. The molecule has 2 atom stereocenters. The molecule has 17 heavy (non-hydrogen) atoms. The molecule has 1 N–H and O–H groups in total. The molecule has 1 aromatic rings. The fourth-order valence-electron chi connectivity index (χ4n) is 2.44. The van der Waals surface area contributed by atoms with Crippen LogP contribution in [0.2, 0.25) is 0 Å². The fraction of sp³-hybridized carbons (Fsp3) is 0.833. The van der Waals surface area contributed by atoms with Crippen LogP contribution in [0, 0.1) is 0 Å². The first-order valence-corrected chi connectivity index (χ1v) is 6.31. The van der Waals surface area contributed by atoms with Crippen molar-refractivity contribution < 1.29 is 14.4 Å². The first-order valence-electron chi connectivity index (χ1n) is 6.31. The molecule has 2 aliphatic rings. The van der Waals surface area contributed by atoms with Crippen LogP contribution in [0.3, 0.4) is 0 Å². The Morgan fingerprint density at radius 2 is 2.29 bits per heavy atom. The van der Waals surface area contributed by atoms with Gasteiger partial charge in [0.25, 0.3) is 0 Å². The Labute approximate surface area is 100 Å². The molecule has 1 aliphatic carbocycles. The van der Waals surface area contributed by atoms with E-state index in [-0.39, 0.29) is 6.10 Å². The van der Waals surface area contributed by atoms with Crippen LogP contribution >= 0.6 is 0 Å². The van der Waals surface area contributed by atoms with Crippen molar-refractivity contribution in [2.75, 3.05) is 6.61 Å². The summed E-state index contributed by atoms with van der Waals surface area (Å²) in [4.78, 5) is 4.36. The predicted octanol–water partition coefficient (Wildman–Crippen LogP) is 1.42. The molecule has 1 saturated carbocycles. The second-order valence-corrected chi connectivity index (χ2v) is 5.36. The van der Waals surface area contributed by atoms with Gasteiger partial charge in [0.05, 0.1) is 18.1 Å². The quantitative estimate of drug-likeness (QED) is 0.862. The van der Waals surface area contributed by atoms with Crippen molar-refractivity contribution in [1.29, 1.82) is 0 Å². The fourth-order valence-corrected chi connectivity index (χ4v) is 2.44. The Kier molecular flexibility index (Phi) is 2.67. The lowest BCUT2D eigenvalue weighted by Gasteiger charge is -2.34. The first kappa shape index (κ1) is 11.2. The number of nitrogens with zero attached hydrogens (tertiary/aromatic N) is 2. The maximum absolute atomic E-state index is 10.5. The van der Waals surface area contributed by atoms with Crippen molar-refractivity contribution in [3.63, 3.8) is 0 Å². The van der Waals surface area contributed by atoms with Crippen molar-refractivity contribution in [3.8, 4) is 0 Å². The summed E-state index contributed by atoms with van der Waals surface area (Å²) in [7, 11) is 0. The van der Waals surface area contributed by atoms with Gasteiger partial charge in [0, 0.05) is 25.4 Å². The van der Waals surface area contributed by atoms with Gasteiger partial charge in [0.2, 0.25) is 5.89 Å². The van der Waals surface area contributed by atoms with Crippen LogP contribution in [0.5, 0.6) is 0 Å². The van der Waals surface area contributed by atoms with Gasteiger partial charge in [-0.2, -0.15) is 4.98 Å². The molecular weight excluding hydrogens is 220 g/mol. The number of ether oxygens (including phenoxy) is 1. The van der Waals surface area contributed by atoms with Gasteiger partial charge in [-0.15, -0.1) is 0 Å². The third-order valence-electron chi connectivity index (χ3n) is 3.54. The summed E-state index contributed by atoms with van der Waals surface area (Å²) in [5.41, 5.74) is -0.745. The van der Waals surface area contributed by atoms with Crippen LogP contribution in [0.15, 0.2) is 4.52 Å². The molecule has 3 rings (SSSR count). The summed E-state index contributed by atoms with van der Waals surface area (Å²) in [5, 5.41) is 14.4. The molecular formula is C12H18N2O3. The van der Waals surface area contributed by atoms with E-state index in [1.54, 1.807) is 0 Å². The zero-order valence-corrected chi connectivity index (χ0v) is 10.1. The average Bonchev–Trinajstić information content (AvgIpc) is 3.00. The summed E-state index contributed by atoms with van der Waals surface area (Å²) >= 11 is 0. The number of hydrogen-bond donors (Lipinski definition) is 1. The highest BCUT2D eigenvalue weighted by atomic mass is 16.5. The molecule has 1 aromatic heterocycles. The van der Waals surface area contributed by atoms with Crippen molar-refractivity contribution in [2.24, 2.45) is 0 Å². The Morgan fingerprint density at radius 3 is 3.00 bits per heavy atom. The molecule has 1 aliphatic heterocycles. The summed E-state index contributed by atoms with van der Waals surface area (Å²) in [5.74, 6) is 1.86. The van der Waals surface area contributed by atoms with E-state index in [1.807, 2.05) is 6.92 Å². The third-order valence-corrected chi connectivity index (χ3v) is 3.54. The standard InChI is InChI=1S/C12H18N2O3/c1-8-6-12(15,4-5-16-8)7-10-13-11(14-17-10)9-2-3-9/h8-9,15H,2-7H2,1H3/t8-,12-/m0/s1. The number of aliphatic hydroxyl groups is 1.